The Morgan fingerprint density at radius 2 is 1.96 bits per heavy atom. The first kappa shape index (κ1) is 20.7. The number of nitrogens with one attached hydrogen (secondary N) is 2. The minimum absolute atomic E-state index is 0.507. The summed E-state index contributed by atoms with van der Waals surface area (Å²) in [6.07, 6.45) is 5.61. The van der Waals surface area contributed by atoms with Crippen molar-refractivity contribution >= 4 is 17.7 Å². The van der Waals surface area contributed by atoms with Crippen molar-refractivity contribution in [3.63, 3.8) is 0 Å². The van der Waals surface area contributed by atoms with E-state index in [-0.39, 0.29) is 0 Å². The van der Waals surface area contributed by atoms with Crippen molar-refractivity contribution in [3.8, 4) is 5.75 Å². The Hall–Kier alpha value is -1.36. The first-order chi connectivity index (χ1) is 11.7. The van der Waals surface area contributed by atoms with Gasteiger partial charge in [-0.25, -0.2) is 0 Å². The molecule has 0 fully saturated rings. The number of thioether (sulfide) groups is 1. The molecule has 1 aromatic rings. The SMILES string of the molecule is CCNC(=NCCCCSC)NCCC(C)c1ccc(OC)cc1. The van der Waals surface area contributed by atoms with Gasteiger partial charge in [-0.3, -0.25) is 4.99 Å². The highest BCUT2D eigenvalue weighted by Crippen LogP contribution is 2.21. The molecule has 0 bridgehead atoms. The third-order valence-corrected chi connectivity index (χ3v) is 4.62. The van der Waals surface area contributed by atoms with Gasteiger partial charge in [0.05, 0.1) is 7.11 Å². The number of methoxy groups -OCH3 is 1. The second-order valence-corrected chi connectivity index (χ2v) is 6.84. The molecule has 2 N–H and O–H groups in total. The maximum atomic E-state index is 5.21. The van der Waals surface area contributed by atoms with Gasteiger partial charge in [-0.2, -0.15) is 11.8 Å². The van der Waals surface area contributed by atoms with Crippen LogP contribution in [0.3, 0.4) is 0 Å². The number of benzene rings is 1. The van der Waals surface area contributed by atoms with Crippen LogP contribution in [0.2, 0.25) is 0 Å². The maximum Gasteiger partial charge on any atom is 0.191 e. The molecule has 1 atom stereocenters. The Balaban J connectivity index is 2.35. The van der Waals surface area contributed by atoms with E-state index in [0.29, 0.717) is 5.92 Å². The molecule has 0 saturated heterocycles. The largest absolute Gasteiger partial charge is 0.497 e. The molecule has 0 aliphatic heterocycles. The summed E-state index contributed by atoms with van der Waals surface area (Å²) < 4.78 is 5.21. The topological polar surface area (TPSA) is 45.7 Å². The van der Waals surface area contributed by atoms with E-state index in [9.17, 15) is 0 Å². The van der Waals surface area contributed by atoms with E-state index in [0.717, 1.165) is 44.2 Å². The van der Waals surface area contributed by atoms with E-state index in [2.05, 4.69) is 47.9 Å². The van der Waals surface area contributed by atoms with Gasteiger partial charge < -0.3 is 15.4 Å². The summed E-state index contributed by atoms with van der Waals surface area (Å²) in [5.41, 5.74) is 1.34. The van der Waals surface area contributed by atoms with Crippen LogP contribution in [0, 0.1) is 0 Å². The molecule has 0 saturated carbocycles. The average molecular weight is 352 g/mol. The van der Waals surface area contributed by atoms with Gasteiger partial charge in [-0.15, -0.1) is 0 Å². The lowest BCUT2D eigenvalue weighted by atomic mass is 9.98. The fourth-order valence-electron chi connectivity index (χ4n) is 2.40. The number of nitrogens with zero attached hydrogens (tertiary/aromatic N) is 1. The van der Waals surface area contributed by atoms with Crippen LogP contribution in [-0.2, 0) is 0 Å². The summed E-state index contributed by atoms with van der Waals surface area (Å²) in [5, 5.41) is 6.76. The van der Waals surface area contributed by atoms with E-state index in [1.165, 1.54) is 17.7 Å². The maximum absolute atomic E-state index is 5.21. The van der Waals surface area contributed by atoms with Gasteiger partial charge in [-0.05, 0) is 61.8 Å². The van der Waals surface area contributed by atoms with Crippen LogP contribution in [0.25, 0.3) is 0 Å². The molecule has 0 spiro atoms. The number of ether oxygens (including phenoxy) is 1. The van der Waals surface area contributed by atoms with Crippen LogP contribution >= 0.6 is 11.8 Å². The van der Waals surface area contributed by atoms with E-state index in [1.807, 2.05) is 23.9 Å². The van der Waals surface area contributed by atoms with Crippen molar-refractivity contribution in [1.29, 1.82) is 0 Å². The highest BCUT2D eigenvalue weighted by molar-refractivity contribution is 7.98. The molecular weight excluding hydrogens is 318 g/mol. The van der Waals surface area contributed by atoms with Crippen LogP contribution in [0.4, 0.5) is 0 Å². The normalized spacial score (nSPS) is 12.8. The molecular formula is C19H33N3OS. The first-order valence-electron chi connectivity index (χ1n) is 8.86. The van der Waals surface area contributed by atoms with E-state index < -0.39 is 0 Å². The number of rotatable bonds is 11. The van der Waals surface area contributed by atoms with Gasteiger partial charge in [0, 0.05) is 19.6 Å². The third kappa shape index (κ3) is 8.48. The molecule has 24 heavy (non-hydrogen) atoms. The van der Waals surface area contributed by atoms with Gasteiger partial charge in [0.15, 0.2) is 5.96 Å². The molecule has 0 aliphatic carbocycles. The Labute approximate surface area is 151 Å². The summed E-state index contributed by atoms with van der Waals surface area (Å²) in [4.78, 5) is 4.65. The van der Waals surface area contributed by atoms with Crippen molar-refractivity contribution in [2.24, 2.45) is 4.99 Å². The fourth-order valence-corrected chi connectivity index (χ4v) is 2.89. The highest BCUT2D eigenvalue weighted by atomic mass is 32.2. The zero-order valence-electron chi connectivity index (χ0n) is 15.6. The molecule has 4 nitrogen and oxygen atoms in total. The summed E-state index contributed by atoms with van der Waals surface area (Å²) in [5.74, 6) is 3.57. The van der Waals surface area contributed by atoms with Crippen molar-refractivity contribution in [2.45, 2.75) is 39.0 Å². The molecule has 0 radical (unpaired) electrons. The van der Waals surface area contributed by atoms with Crippen LogP contribution in [0.5, 0.6) is 5.75 Å². The molecule has 136 valence electrons. The van der Waals surface area contributed by atoms with Crippen molar-refractivity contribution in [3.05, 3.63) is 29.8 Å². The van der Waals surface area contributed by atoms with E-state index in [4.69, 9.17) is 4.74 Å². The number of hydrogen-bond donors (Lipinski definition) is 2. The number of hydrogen-bond acceptors (Lipinski definition) is 3. The lowest BCUT2D eigenvalue weighted by Gasteiger charge is -2.15. The Kier molecular flexibility index (Phi) is 11.2. The molecule has 1 unspecified atom stereocenters. The Bertz CT molecular complexity index is 462. The van der Waals surface area contributed by atoms with Crippen LogP contribution in [0.15, 0.2) is 29.3 Å². The van der Waals surface area contributed by atoms with Crippen molar-refractivity contribution in [2.75, 3.05) is 38.8 Å². The minimum Gasteiger partial charge on any atom is -0.497 e. The van der Waals surface area contributed by atoms with Gasteiger partial charge in [0.1, 0.15) is 5.75 Å². The molecule has 0 aromatic heterocycles. The number of unbranched alkanes of at least 4 members (excludes halogenated alkanes) is 1. The third-order valence-electron chi connectivity index (χ3n) is 3.93. The van der Waals surface area contributed by atoms with Crippen molar-refractivity contribution in [1.82, 2.24) is 10.6 Å². The van der Waals surface area contributed by atoms with E-state index in [1.54, 1.807) is 7.11 Å². The van der Waals surface area contributed by atoms with Gasteiger partial charge >= 0.3 is 0 Å². The Morgan fingerprint density at radius 3 is 2.58 bits per heavy atom. The molecule has 0 aliphatic rings. The average Bonchev–Trinajstić information content (AvgIpc) is 2.61. The van der Waals surface area contributed by atoms with Gasteiger partial charge in [-0.1, -0.05) is 19.1 Å². The smallest absolute Gasteiger partial charge is 0.191 e. The highest BCUT2D eigenvalue weighted by Gasteiger charge is 2.06. The van der Waals surface area contributed by atoms with Crippen molar-refractivity contribution < 1.29 is 4.74 Å². The molecule has 1 rings (SSSR count). The summed E-state index contributed by atoms with van der Waals surface area (Å²) in [6, 6.07) is 8.35. The monoisotopic (exact) mass is 351 g/mol. The fraction of sp³-hybridized carbons (Fsp3) is 0.632. The Morgan fingerprint density at radius 1 is 1.21 bits per heavy atom. The number of guanidine groups is 1. The molecule has 0 heterocycles. The lowest BCUT2D eigenvalue weighted by molar-refractivity contribution is 0.414. The predicted octanol–water partition coefficient (Wildman–Crippen LogP) is 3.89. The van der Waals surface area contributed by atoms with E-state index >= 15 is 0 Å². The predicted molar refractivity (Wildman–Crippen MR) is 108 cm³/mol. The zero-order valence-corrected chi connectivity index (χ0v) is 16.4. The second-order valence-electron chi connectivity index (χ2n) is 5.85. The van der Waals surface area contributed by atoms with Crippen LogP contribution in [0.1, 0.15) is 44.6 Å². The minimum atomic E-state index is 0.507. The quantitative estimate of drug-likeness (QED) is 0.361. The molecule has 5 heteroatoms. The lowest BCUT2D eigenvalue weighted by Crippen LogP contribution is -2.38. The van der Waals surface area contributed by atoms with Gasteiger partial charge in [0.2, 0.25) is 0 Å². The standard InChI is InChI=1S/C19H33N3OS/c1-5-20-19(21-13-6-7-15-24-4)22-14-12-16(2)17-8-10-18(23-3)11-9-17/h8-11,16H,5-7,12-15H2,1-4H3,(H2,20,21,22). The first-order valence-corrected chi connectivity index (χ1v) is 10.3. The number of aliphatic imine (C=N–C) groups is 1. The second kappa shape index (κ2) is 13.0. The van der Waals surface area contributed by atoms with Crippen LogP contribution in [-0.4, -0.2) is 44.7 Å². The molecule has 0 amide bonds. The summed E-state index contributed by atoms with van der Waals surface area (Å²) in [6.45, 7) is 7.07. The van der Waals surface area contributed by atoms with Gasteiger partial charge in [0.25, 0.3) is 0 Å². The zero-order chi connectivity index (χ0) is 17.6. The van der Waals surface area contributed by atoms with Crippen LogP contribution < -0.4 is 15.4 Å². The summed E-state index contributed by atoms with van der Waals surface area (Å²) in [7, 11) is 1.70. The molecule has 1 aromatic carbocycles. The summed E-state index contributed by atoms with van der Waals surface area (Å²) >= 11 is 1.90.